The van der Waals surface area contributed by atoms with E-state index in [4.69, 9.17) is 18.9 Å². The van der Waals surface area contributed by atoms with Crippen LogP contribution in [-0.2, 0) is 39.0 Å². The van der Waals surface area contributed by atoms with E-state index in [1.807, 2.05) is 41.5 Å². The number of nitrogens with zero attached hydrogens (tertiary/aromatic N) is 3. The topological polar surface area (TPSA) is 218 Å². The summed E-state index contributed by atoms with van der Waals surface area (Å²) in [6.07, 6.45) is -6.54. The predicted molar refractivity (Wildman–Crippen MR) is 200 cm³/mol. The SMILES string of the molecule is CCC1O[C@H](O[C@@H]2C(O)C(O[C@H]3OC(CNS(=O)(=O)c4ccc(C)cc4)CCC3C)[C@@H](NS(=O)(=O)c3ccc(C)cc3)C(O)[C@H]2C)C(C)[C@@H](N=[N+]=[N-])[C@@H]1C. The molecule has 2 aromatic rings. The lowest BCUT2D eigenvalue weighted by Gasteiger charge is -2.50. The number of hydrogen-bond acceptors (Lipinski definition) is 11. The molecule has 0 aromatic heterocycles. The second-order valence-corrected chi connectivity index (χ2v) is 18.7. The van der Waals surface area contributed by atoms with Crippen LogP contribution in [0.5, 0.6) is 0 Å². The highest BCUT2D eigenvalue weighted by atomic mass is 32.2. The first-order chi connectivity index (χ1) is 25.5. The van der Waals surface area contributed by atoms with Crippen LogP contribution in [0.15, 0.2) is 63.4 Å². The number of ether oxygens (including phenoxy) is 4. The molecule has 7 unspecified atom stereocenters. The molecule has 1 aliphatic carbocycles. The lowest BCUT2D eigenvalue weighted by Crippen LogP contribution is -2.68. The van der Waals surface area contributed by atoms with Gasteiger partial charge < -0.3 is 29.2 Å². The largest absolute Gasteiger partial charge is 0.391 e. The number of aliphatic hydroxyl groups excluding tert-OH is 2. The summed E-state index contributed by atoms with van der Waals surface area (Å²) in [4.78, 5) is 3.14. The first kappa shape index (κ1) is 42.5. The Labute approximate surface area is 318 Å². The van der Waals surface area contributed by atoms with Gasteiger partial charge in [0.2, 0.25) is 20.0 Å². The molecule has 2 aliphatic heterocycles. The van der Waals surface area contributed by atoms with Crippen molar-refractivity contribution in [3.63, 3.8) is 0 Å². The van der Waals surface area contributed by atoms with Crippen molar-refractivity contribution in [1.82, 2.24) is 9.44 Å². The molecule has 1 saturated carbocycles. The molecular weight excluding hydrogens is 739 g/mol. The fourth-order valence-corrected chi connectivity index (χ4v) is 10.0. The Kier molecular flexibility index (Phi) is 13.9. The summed E-state index contributed by atoms with van der Waals surface area (Å²) >= 11 is 0. The molecule has 3 aliphatic rings. The maximum Gasteiger partial charge on any atom is 0.240 e. The average molecular weight is 794 g/mol. The van der Waals surface area contributed by atoms with Gasteiger partial charge in [0.15, 0.2) is 12.6 Å². The first-order valence-electron chi connectivity index (χ1n) is 18.6. The molecular formula is C37H55N5O10S2. The zero-order chi connectivity index (χ0) is 39.5. The van der Waals surface area contributed by atoms with Crippen molar-refractivity contribution in [3.05, 3.63) is 70.1 Å². The standard InChI is InChI=1S/C37H55N5O10S2/c1-8-29-23(5)30(40-42-38)24(6)37(50-29)51-34-25(7)32(43)31(41-54(47,48)28-17-11-21(3)12-18-28)35(33(34)44)52-36-22(4)13-14-26(49-36)19-39-53(45,46)27-15-9-20(2)10-16-27/h9-12,15-18,22-26,29-37,39,41,43-44H,8,13-14,19H2,1-7H3/t22?,23-,24?,25-,26?,29?,30+,31+,32?,33?,34+,35?,36-,37-/m1/s1. The summed E-state index contributed by atoms with van der Waals surface area (Å²) in [6, 6.07) is 10.9. The van der Waals surface area contributed by atoms with Crippen molar-refractivity contribution in [3.8, 4) is 0 Å². The molecule has 4 N–H and O–H groups in total. The average Bonchev–Trinajstić information content (AvgIpc) is 3.13. The predicted octanol–water partition coefficient (Wildman–Crippen LogP) is 4.30. The van der Waals surface area contributed by atoms with Crippen LogP contribution in [-0.4, -0.2) is 94.9 Å². The Hall–Kier alpha value is -2.67. The third-order valence-electron chi connectivity index (χ3n) is 11.2. The van der Waals surface area contributed by atoms with E-state index in [1.165, 1.54) is 24.3 Å². The zero-order valence-corrected chi connectivity index (χ0v) is 33.5. The van der Waals surface area contributed by atoms with Crippen LogP contribution in [0.3, 0.4) is 0 Å². The Bertz CT molecular complexity index is 1830. The van der Waals surface area contributed by atoms with Gasteiger partial charge in [-0.1, -0.05) is 75.1 Å². The van der Waals surface area contributed by atoms with Gasteiger partial charge in [0.1, 0.15) is 12.2 Å². The van der Waals surface area contributed by atoms with Crippen molar-refractivity contribution in [2.45, 2.75) is 139 Å². The normalized spacial score (nSPS) is 36.3. The van der Waals surface area contributed by atoms with Crippen LogP contribution in [0.1, 0.15) is 65.0 Å². The van der Waals surface area contributed by atoms with E-state index in [-0.39, 0.29) is 34.3 Å². The molecule has 54 heavy (non-hydrogen) atoms. The molecule has 300 valence electrons. The maximum absolute atomic E-state index is 13.7. The van der Waals surface area contributed by atoms with Crippen LogP contribution >= 0.6 is 0 Å². The number of aryl methyl sites for hydroxylation is 2. The number of hydrogen-bond donors (Lipinski definition) is 4. The van der Waals surface area contributed by atoms with E-state index < -0.39 is 87.1 Å². The van der Waals surface area contributed by atoms with Gasteiger partial charge in [-0.05, 0) is 68.8 Å². The number of rotatable bonds is 13. The summed E-state index contributed by atoms with van der Waals surface area (Å²) in [7, 11) is -8.06. The Morgan fingerprint density at radius 1 is 0.796 bits per heavy atom. The van der Waals surface area contributed by atoms with Gasteiger partial charge in [0.25, 0.3) is 0 Å². The van der Waals surface area contributed by atoms with Crippen molar-refractivity contribution in [2.24, 2.45) is 28.8 Å². The van der Waals surface area contributed by atoms with Crippen LogP contribution in [0.4, 0.5) is 0 Å². The highest BCUT2D eigenvalue weighted by Crippen LogP contribution is 2.40. The van der Waals surface area contributed by atoms with E-state index in [0.717, 1.165) is 11.1 Å². The van der Waals surface area contributed by atoms with Gasteiger partial charge >= 0.3 is 0 Å². The molecule has 2 saturated heterocycles. The summed E-state index contributed by atoms with van der Waals surface area (Å²) < 4.78 is 84.3. The van der Waals surface area contributed by atoms with E-state index in [1.54, 1.807) is 31.2 Å². The molecule has 15 nitrogen and oxygen atoms in total. The first-order valence-corrected chi connectivity index (χ1v) is 21.6. The number of sulfonamides is 2. The highest BCUT2D eigenvalue weighted by Gasteiger charge is 2.54. The Morgan fingerprint density at radius 2 is 1.37 bits per heavy atom. The molecule has 5 rings (SSSR count). The van der Waals surface area contributed by atoms with E-state index in [0.29, 0.717) is 19.3 Å². The van der Waals surface area contributed by atoms with Gasteiger partial charge in [0, 0.05) is 35.3 Å². The molecule has 2 heterocycles. The highest BCUT2D eigenvalue weighted by molar-refractivity contribution is 7.89. The van der Waals surface area contributed by atoms with E-state index >= 15 is 0 Å². The van der Waals surface area contributed by atoms with Gasteiger partial charge in [-0.15, -0.1) is 0 Å². The van der Waals surface area contributed by atoms with Crippen LogP contribution in [0, 0.1) is 37.5 Å². The fraction of sp³-hybridized carbons (Fsp3) is 0.676. The monoisotopic (exact) mass is 793 g/mol. The lowest BCUT2D eigenvalue weighted by atomic mass is 9.77. The molecule has 0 amide bonds. The Balaban J connectivity index is 1.41. The Morgan fingerprint density at radius 3 is 1.94 bits per heavy atom. The molecule has 14 atom stereocenters. The smallest absolute Gasteiger partial charge is 0.240 e. The van der Waals surface area contributed by atoms with E-state index in [2.05, 4.69) is 19.5 Å². The minimum absolute atomic E-state index is 0.0315. The third kappa shape index (κ3) is 9.47. The minimum atomic E-state index is -4.22. The summed E-state index contributed by atoms with van der Waals surface area (Å²) in [5.41, 5.74) is 11.1. The van der Waals surface area contributed by atoms with Crippen molar-refractivity contribution in [1.29, 1.82) is 0 Å². The minimum Gasteiger partial charge on any atom is -0.391 e. The van der Waals surface area contributed by atoms with Gasteiger partial charge in [-0.3, -0.25) is 0 Å². The molecule has 0 bridgehead atoms. The lowest BCUT2D eigenvalue weighted by molar-refractivity contribution is -0.312. The van der Waals surface area contributed by atoms with Crippen LogP contribution in [0.25, 0.3) is 10.4 Å². The van der Waals surface area contributed by atoms with Crippen molar-refractivity contribution >= 4 is 20.0 Å². The maximum atomic E-state index is 13.7. The van der Waals surface area contributed by atoms with Gasteiger partial charge in [-0.25, -0.2) is 26.3 Å². The second-order valence-electron chi connectivity index (χ2n) is 15.2. The molecule has 0 spiro atoms. The number of benzene rings is 2. The van der Waals surface area contributed by atoms with Gasteiger partial charge in [-0.2, -0.15) is 0 Å². The summed E-state index contributed by atoms with van der Waals surface area (Å²) in [5.74, 6) is -1.59. The molecule has 17 heteroatoms. The fourth-order valence-electron chi connectivity index (χ4n) is 7.68. The molecule has 2 aromatic carbocycles. The molecule has 0 radical (unpaired) electrons. The number of nitrogens with one attached hydrogen (secondary N) is 2. The zero-order valence-electron chi connectivity index (χ0n) is 31.8. The van der Waals surface area contributed by atoms with E-state index in [9.17, 15) is 32.6 Å². The number of aliphatic hydroxyl groups is 2. The van der Waals surface area contributed by atoms with Crippen LogP contribution < -0.4 is 9.44 Å². The second kappa shape index (κ2) is 17.6. The summed E-state index contributed by atoms with van der Waals surface area (Å²) in [5, 5.41) is 28.0. The van der Waals surface area contributed by atoms with Gasteiger partial charge in [0.05, 0.1) is 40.2 Å². The van der Waals surface area contributed by atoms with Crippen LogP contribution in [0.2, 0.25) is 0 Å². The summed E-state index contributed by atoms with van der Waals surface area (Å²) in [6.45, 7) is 12.9. The third-order valence-corrected chi connectivity index (χ3v) is 14.1. The van der Waals surface area contributed by atoms with Crippen molar-refractivity contribution < 1.29 is 46.0 Å². The van der Waals surface area contributed by atoms with Crippen molar-refractivity contribution in [2.75, 3.05) is 6.54 Å². The molecule has 3 fully saturated rings. The quantitative estimate of drug-likeness (QED) is 0.128. The number of azide groups is 1.